The standard InChI is InChI=1S/C21H22O10/c1-9-17(26)19(28)20(30-10(2)22)21(29-9)31-15-8-13(24)7-14(25)16(15)18(27)11-3-5-12(23)6-4-11/h3-9,17,19-21,23-26,28H,1-2H3/t9-,17-,19+,20+,21-/m0/s1. The molecule has 2 aromatic rings. The number of ether oxygens (including phenoxy) is 3. The normalized spacial score (nSPS) is 25.6. The van der Waals surface area contributed by atoms with Gasteiger partial charge >= 0.3 is 5.97 Å². The zero-order valence-corrected chi connectivity index (χ0v) is 16.6. The molecule has 10 heteroatoms. The van der Waals surface area contributed by atoms with Crippen LogP contribution in [-0.4, -0.2) is 68.0 Å². The van der Waals surface area contributed by atoms with Gasteiger partial charge in [0, 0.05) is 24.6 Å². The second kappa shape index (κ2) is 8.80. The molecule has 10 nitrogen and oxygen atoms in total. The molecule has 31 heavy (non-hydrogen) atoms. The number of hydrogen-bond acceptors (Lipinski definition) is 10. The Kier molecular flexibility index (Phi) is 6.34. The van der Waals surface area contributed by atoms with Crippen molar-refractivity contribution in [2.24, 2.45) is 0 Å². The molecule has 1 aliphatic rings. The maximum absolute atomic E-state index is 13.0. The van der Waals surface area contributed by atoms with Gasteiger partial charge in [-0.3, -0.25) is 9.59 Å². The second-order valence-electron chi connectivity index (χ2n) is 7.10. The second-order valence-corrected chi connectivity index (χ2v) is 7.10. The molecule has 0 aliphatic carbocycles. The summed E-state index contributed by atoms with van der Waals surface area (Å²) in [6.45, 7) is 2.55. The van der Waals surface area contributed by atoms with E-state index >= 15 is 0 Å². The zero-order valence-electron chi connectivity index (χ0n) is 16.6. The van der Waals surface area contributed by atoms with Crippen LogP contribution in [0.15, 0.2) is 36.4 Å². The largest absolute Gasteiger partial charge is 0.508 e. The van der Waals surface area contributed by atoms with Crippen LogP contribution in [0.1, 0.15) is 29.8 Å². The number of aromatic hydroxyl groups is 3. The number of rotatable bonds is 5. The van der Waals surface area contributed by atoms with Crippen LogP contribution >= 0.6 is 0 Å². The van der Waals surface area contributed by atoms with Crippen molar-refractivity contribution in [2.45, 2.75) is 44.6 Å². The van der Waals surface area contributed by atoms with Crippen LogP contribution in [0.4, 0.5) is 0 Å². The van der Waals surface area contributed by atoms with Gasteiger partial charge in [-0.05, 0) is 31.2 Å². The van der Waals surface area contributed by atoms with Crippen molar-refractivity contribution in [2.75, 3.05) is 0 Å². The van der Waals surface area contributed by atoms with E-state index in [1.54, 1.807) is 0 Å². The minimum absolute atomic E-state index is 0.0655. The molecule has 1 aliphatic heterocycles. The molecule has 0 amide bonds. The van der Waals surface area contributed by atoms with Gasteiger partial charge in [0.1, 0.15) is 40.8 Å². The van der Waals surface area contributed by atoms with Gasteiger partial charge in [-0.1, -0.05) is 0 Å². The molecule has 1 saturated heterocycles. The van der Waals surface area contributed by atoms with E-state index in [2.05, 4.69) is 0 Å². The third-order valence-electron chi connectivity index (χ3n) is 4.75. The zero-order chi connectivity index (χ0) is 22.9. The molecule has 1 fully saturated rings. The van der Waals surface area contributed by atoms with Crippen LogP contribution in [0.5, 0.6) is 23.0 Å². The van der Waals surface area contributed by atoms with E-state index in [9.17, 15) is 35.1 Å². The van der Waals surface area contributed by atoms with Crippen LogP contribution in [0.2, 0.25) is 0 Å². The summed E-state index contributed by atoms with van der Waals surface area (Å²) in [6, 6.07) is 7.21. The summed E-state index contributed by atoms with van der Waals surface area (Å²) in [4.78, 5) is 24.4. The number of carbonyl (C=O) groups is 2. The Labute approximate surface area is 176 Å². The number of hydrogen-bond donors (Lipinski definition) is 5. The van der Waals surface area contributed by atoms with Crippen molar-refractivity contribution in [3.05, 3.63) is 47.5 Å². The van der Waals surface area contributed by atoms with Gasteiger partial charge in [0.2, 0.25) is 12.1 Å². The summed E-state index contributed by atoms with van der Waals surface area (Å²) >= 11 is 0. The highest BCUT2D eigenvalue weighted by Crippen LogP contribution is 2.37. The Morgan fingerprint density at radius 1 is 0.968 bits per heavy atom. The number of carbonyl (C=O) groups excluding carboxylic acids is 2. The maximum Gasteiger partial charge on any atom is 0.303 e. The quantitative estimate of drug-likeness (QED) is 0.336. The highest BCUT2D eigenvalue weighted by Gasteiger charge is 2.46. The first-order valence-corrected chi connectivity index (χ1v) is 9.33. The van der Waals surface area contributed by atoms with Crippen molar-refractivity contribution < 1.29 is 49.3 Å². The number of aliphatic hydroxyl groups excluding tert-OH is 2. The fraction of sp³-hybridized carbons (Fsp3) is 0.333. The fourth-order valence-electron chi connectivity index (χ4n) is 3.20. The Morgan fingerprint density at radius 2 is 1.61 bits per heavy atom. The van der Waals surface area contributed by atoms with Crippen LogP contribution in [0, 0.1) is 0 Å². The van der Waals surface area contributed by atoms with E-state index in [0.29, 0.717) is 0 Å². The first kappa shape index (κ1) is 22.3. The lowest BCUT2D eigenvalue weighted by Gasteiger charge is -2.40. The minimum Gasteiger partial charge on any atom is -0.508 e. The van der Waals surface area contributed by atoms with E-state index < -0.39 is 54.0 Å². The van der Waals surface area contributed by atoms with Crippen molar-refractivity contribution >= 4 is 11.8 Å². The van der Waals surface area contributed by atoms with Crippen molar-refractivity contribution in [3.8, 4) is 23.0 Å². The number of phenols is 3. The summed E-state index contributed by atoms with van der Waals surface area (Å²) in [5, 5.41) is 50.0. The van der Waals surface area contributed by atoms with Gasteiger partial charge in [-0.25, -0.2) is 0 Å². The fourth-order valence-corrected chi connectivity index (χ4v) is 3.20. The van der Waals surface area contributed by atoms with Gasteiger partial charge in [0.25, 0.3) is 0 Å². The Hall–Kier alpha value is -3.34. The Morgan fingerprint density at radius 3 is 2.23 bits per heavy atom. The monoisotopic (exact) mass is 434 g/mol. The van der Waals surface area contributed by atoms with Gasteiger partial charge in [-0.15, -0.1) is 0 Å². The predicted molar refractivity (Wildman–Crippen MR) is 104 cm³/mol. The highest BCUT2D eigenvalue weighted by molar-refractivity contribution is 6.12. The Bertz CT molecular complexity index is 971. The molecule has 5 atom stereocenters. The molecule has 166 valence electrons. The van der Waals surface area contributed by atoms with E-state index in [4.69, 9.17) is 14.2 Å². The van der Waals surface area contributed by atoms with Crippen molar-refractivity contribution in [1.82, 2.24) is 0 Å². The molecule has 0 aromatic heterocycles. The molecule has 0 bridgehead atoms. The average Bonchev–Trinajstić information content (AvgIpc) is 2.69. The lowest BCUT2D eigenvalue weighted by Crippen LogP contribution is -2.59. The molecule has 5 N–H and O–H groups in total. The predicted octanol–water partition coefficient (Wildman–Crippen LogP) is 0.811. The van der Waals surface area contributed by atoms with E-state index in [-0.39, 0.29) is 22.6 Å². The molecular formula is C21H22O10. The third-order valence-corrected chi connectivity index (χ3v) is 4.75. The van der Waals surface area contributed by atoms with Gasteiger partial charge < -0.3 is 39.7 Å². The summed E-state index contributed by atoms with van der Waals surface area (Å²) < 4.78 is 16.2. The summed E-state index contributed by atoms with van der Waals surface area (Å²) in [5.41, 5.74) is -0.226. The smallest absolute Gasteiger partial charge is 0.303 e. The van der Waals surface area contributed by atoms with Crippen molar-refractivity contribution in [3.63, 3.8) is 0 Å². The lowest BCUT2D eigenvalue weighted by atomic mass is 9.99. The third kappa shape index (κ3) is 4.71. The Balaban J connectivity index is 2.00. The first-order valence-electron chi connectivity index (χ1n) is 9.33. The maximum atomic E-state index is 13.0. The summed E-state index contributed by atoms with van der Waals surface area (Å²) in [6.07, 6.45) is -6.77. The van der Waals surface area contributed by atoms with E-state index in [1.165, 1.54) is 31.2 Å². The molecule has 0 unspecified atom stereocenters. The number of benzene rings is 2. The van der Waals surface area contributed by atoms with E-state index in [1.807, 2.05) is 0 Å². The number of phenolic OH excluding ortho intramolecular Hbond substituents is 3. The number of aliphatic hydroxyl groups is 2. The van der Waals surface area contributed by atoms with Gasteiger partial charge in [0.15, 0.2) is 6.10 Å². The molecular weight excluding hydrogens is 412 g/mol. The average molecular weight is 434 g/mol. The van der Waals surface area contributed by atoms with Crippen LogP contribution in [0.3, 0.4) is 0 Å². The minimum atomic E-state index is -1.56. The number of esters is 1. The van der Waals surface area contributed by atoms with Crippen LogP contribution < -0.4 is 4.74 Å². The molecule has 0 saturated carbocycles. The van der Waals surface area contributed by atoms with Crippen molar-refractivity contribution in [1.29, 1.82) is 0 Å². The lowest BCUT2D eigenvalue weighted by molar-refractivity contribution is -0.273. The first-order chi connectivity index (χ1) is 14.6. The summed E-state index contributed by atoms with van der Waals surface area (Å²) in [7, 11) is 0. The molecule has 2 aromatic carbocycles. The number of ketones is 1. The summed E-state index contributed by atoms with van der Waals surface area (Å²) in [5.74, 6) is -2.87. The van der Waals surface area contributed by atoms with Gasteiger partial charge in [0.05, 0.1) is 6.10 Å². The SMILES string of the molecule is CC(=O)O[C@H]1[C@H](Oc2cc(O)cc(O)c2C(=O)c2ccc(O)cc2)O[C@@H](C)[C@H](O)[C@H]1O. The van der Waals surface area contributed by atoms with Crippen LogP contribution in [-0.2, 0) is 14.3 Å². The molecule has 0 spiro atoms. The van der Waals surface area contributed by atoms with Gasteiger partial charge in [-0.2, -0.15) is 0 Å². The van der Waals surface area contributed by atoms with Crippen LogP contribution in [0.25, 0.3) is 0 Å². The van der Waals surface area contributed by atoms with E-state index in [0.717, 1.165) is 19.1 Å². The molecule has 0 radical (unpaired) electrons. The molecule has 1 heterocycles. The molecule has 3 rings (SSSR count). The highest BCUT2D eigenvalue weighted by atomic mass is 16.7. The topological polar surface area (TPSA) is 163 Å².